The van der Waals surface area contributed by atoms with Gasteiger partial charge in [0.15, 0.2) is 0 Å². The molecular weight excluding hydrogens is 202 g/mol. The van der Waals surface area contributed by atoms with Crippen molar-refractivity contribution in [1.82, 2.24) is 15.5 Å². The Balaban J connectivity index is 2.20. The van der Waals surface area contributed by atoms with Crippen LogP contribution in [-0.4, -0.2) is 49.6 Å². The van der Waals surface area contributed by atoms with E-state index in [-0.39, 0.29) is 5.91 Å². The lowest BCUT2D eigenvalue weighted by Gasteiger charge is -2.17. The summed E-state index contributed by atoms with van der Waals surface area (Å²) in [6, 6.07) is 0.324. The van der Waals surface area contributed by atoms with Crippen molar-refractivity contribution in [2.75, 3.05) is 32.7 Å². The average Bonchev–Trinajstić information content (AvgIpc) is 2.61. The molecule has 1 unspecified atom stereocenters. The van der Waals surface area contributed by atoms with Crippen LogP contribution in [0.2, 0.25) is 0 Å². The minimum atomic E-state index is 0.0679. The highest BCUT2D eigenvalue weighted by molar-refractivity contribution is 5.73. The van der Waals surface area contributed by atoms with Gasteiger partial charge in [-0.15, -0.1) is 0 Å². The number of carbonyl (C=O) groups excluding carboxylic acids is 1. The van der Waals surface area contributed by atoms with Gasteiger partial charge >= 0.3 is 0 Å². The number of hydrogen-bond donors (Lipinski definition) is 2. The maximum atomic E-state index is 10.9. The summed E-state index contributed by atoms with van der Waals surface area (Å²) in [7, 11) is 0. The van der Waals surface area contributed by atoms with E-state index in [4.69, 9.17) is 0 Å². The van der Waals surface area contributed by atoms with Crippen LogP contribution in [-0.2, 0) is 4.79 Å². The Morgan fingerprint density at radius 3 is 2.94 bits per heavy atom. The van der Waals surface area contributed by atoms with Crippen molar-refractivity contribution in [1.29, 1.82) is 0 Å². The maximum Gasteiger partial charge on any atom is 0.217 e. The molecule has 0 aromatic carbocycles. The van der Waals surface area contributed by atoms with Crippen LogP contribution in [0.5, 0.6) is 0 Å². The smallest absolute Gasteiger partial charge is 0.217 e. The van der Waals surface area contributed by atoms with Crippen LogP contribution >= 0.6 is 0 Å². The predicted octanol–water partition coefficient (Wildman–Crippen LogP) is 0.363. The number of nitrogens with one attached hydrogen (secondary N) is 2. The highest BCUT2D eigenvalue weighted by Crippen LogP contribution is 2.10. The largest absolute Gasteiger partial charge is 0.352 e. The highest BCUT2D eigenvalue weighted by Gasteiger charge is 2.22. The first-order valence-corrected chi connectivity index (χ1v) is 5.98. The molecule has 2 N–H and O–H groups in total. The monoisotopic (exact) mass is 225 g/mol. The van der Waals surface area contributed by atoms with Crippen LogP contribution in [0.15, 0.2) is 12.2 Å². The molecule has 1 aliphatic rings. The molecule has 1 rings (SSSR count). The van der Waals surface area contributed by atoms with Gasteiger partial charge < -0.3 is 10.6 Å². The lowest BCUT2D eigenvalue weighted by Crippen LogP contribution is -2.36. The van der Waals surface area contributed by atoms with E-state index in [1.807, 2.05) is 0 Å². The van der Waals surface area contributed by atoms with E-state index >= 15 is 0 Å². The summed E-state index contributed by atoms with van der Waals surface area (Å²) in [5.74, 6) is 0.0679. The van der Waals surface area contributed by atoms with Gasteiger partial charge in [-0.3, -0.25) is 9.69 Å². The Morgan fingerprint density at radius 2 is 2.31 bits per heavy atom. The summed E-state index contributed by atoms with van der Waals surface area (Å²) < 4.78 is 0. The molecule has 4 heteroatoms. The number of rotatable bonds is 6. The molecule has 0 bridgehead atoms. The number of likely N-dealkylation sites (N-methyl/N-ethyl adjacent to an activating group) is 1. The molecule has 92 valence electrons. The van der Waals surface area contributed by atoms with Crippen LogP contribution in [0, 0.1) is 0 Å². The van der Waals surface area contributed by atoms with Gasteiger partial charge in [0.05, 0.1) is 0 Å². The Kier molecular flexibility index (Phi) is 5.49. The molecule has 1 atom stereocenters. The number of likely N-dealkylation sites (tertiary alicyclic amines) is 1. The van der Waals surface area contributed by atoms with E-state index in [1.165, 1.54) is 5.57 Å². The first kappa shape index (κ1) is 13.2. The summed E-state index contributed by atoms with van der Waals surface area (Å²) in [5.41, 5.74) is 1.21. The zero-order chi connectivity index (χ0) is 12.0. The number of nitrogens with zero attached hydrogens (tertiary/aromatic N) is 1. The lowest BCUT2D eigenvalue weighted by atomic mass is 10.2. The normalized spacial score (nSPS) is 21.0. The third kappa shape index (κ3) is 4.77. The average molecular weight is 225 g/mol. The summed E-state index contributed by atoms with van der Waals surface area (Å²) in [4.78, 5) is 13.3. The minimum Gasteiger partial charge on any atom is -0.352 e. The molecule has 0 aliphatic carbocycles. The van der Waals surface area contributed by atoms with Crippen LogP contribution in [0.3, 0.4) is 0 Å². The van der Waals surface area contributed by atoms with Crippen molar-refractivity contribution in [2.45, 2.75) is 26.3 Å². The Labute approximate surface area is 98.1 Å². The van der Waals surface area contributed by atoms with E-state index in [1.54, 1.807) is 6.92 Å². The van der Waals surface area contributed by atoms with Crippen molar-refractivity contribution in [3.05, 3.63) is 12.2 Å². The molecule has 4 nitrogen and oxygen atoms in total. The molecule has 0 spiro atoms. The standard InChI is InChI=1S/C12H23N3O/c1-4-13-7-10(2)8-15-6-5-12(9-15)14-11(3)16/h12-13H,2,4-9H2,1,3H3,(H,14,16). The molecule has 1 aliphatic heterocycles. The van der Waals surface area contributed by atoms with Crippen molar-refractivity contribution in [3.8, 4) is 0 Å². The SMILES string of the molecule is C=C(CNCC)CN1CCC(NC(C)=O)C1. The molecule has 1 saturated heterocycles. The summed E-state index contributed by atoms with van der Waals surface area (Å²) in [5, 5.41) is 6.23. The van der Waals surface area contributed by atoms with Crippen LogP contribution in [0.25, 0.3) is 0 Å². The van der Waals surface area contributed by atoms with Crippen molar-refractivity contribution in [2.24, 2.45) is 0 Å². The topological polar surface area (TPSA) is 44.4 Å². The van der Waals surface area contributed by atoms with E-state index < -0.39 is 0 Å². The molecule has 0 aromatic rings. The van der Waals surface area contributed by atoms with Gasteiger partial charge in [-0.2, -0.15) is 0 Å². The van der Waals surface area contributed by atoms with Gasteiger partial charge in [-0.05, 0) is 18.5 Å². The Hall–Kier alpha value is -0.870. The van der Waals surface area contributed by atoms with Gasteiger partial charge in [-0.25, -0.2) is 0 Å². The number of carbonyl (C=O) groups is 1. The third-order valence-electron chi connectivity index (χ3n) is 2.75. The highest BCUT2D eigenvalue weighted by atomic mass is 16.1. The van der Waals surface area contributed by atoms with Crippen LogP contribution < -0.4 is 10.6 Å². The van der Waals surface area contributed by atoms with Crippen LogP contribution in [0.4, 0.5) is 0 Å². The van der Waals surface area contributed by atoms with Crippen molar-refractivity contribution >= 4 is 5.91 Å². The lowest BCUT2D eigenvalue weighted by molar-refractivity contribution is -0.119. The van der Waals surface area contributed by atoms with E-state index in [9.17, 15) is 4.79 Å². The fourth-order valence-electron chi connectivity index (χ4n) is 2.06. The molecule has 0 saturated carbocycles. The number of hydrogen-bond acceptors (Lipinski definition) is 3. The Morgan fingerprint density at radius 1 is 1.56 bits per heavy atom. The molecule has 1 fully saturated rings. The zero-order valence-corrected chi connectivity index (χ0v) is 10.4. The summed E-state index contributed by atoms with van der Waals surface area (Å²) in [6.45, 7) is 12.5. The first-order valence-electron chi connectivity index (χ1n) is 5.98. The number of amides is 1. The third-order valence-corrected chi connectivity index (χ3v) is 2.75. The summed E-state index contributed by atoms with van der Waals surface area (Å²) in [6.07, 6.45) is 1.05. The second-order valence-corrected chi connectivity index (χ2v) is 4.45. The first-order chi connectivity index (χ1) is 7.61. The maximum absolute atomic E-state index is 10.9. The fourth-order valence-corrected chi connectivity index (χ4v) is 2.06. The van der Waals surface area contributed by atoms with Gasteiger partial charge in [0, 0.05) is 39.1 Å². The van der Waals surface area contributed by atoms with E-state index in [0.29, 0.717) is 6.04 Å². The van der Waals surface area contributed by atoms with Crippen molar-refractivity contribution in [3.63, 3.8) is 0 Å². The van der Waals surface area contributed by atoms with E-state index in [0.717, 1.165) is 39.1 Å². The molecule has 0 aromatic heterocycles. The quantitative estimate of drug-likeness (QED) is 0.642. The Bertz CT molecular complexity index is 253. The predicted molar refractivity (Wildman–Crippen MR) is 66.3 cm³/mol. The van der Waals surface area contributed by atoms with E-state index in [2.05, 4.69) is 29.0 Å². The minimum absolute atomic E-state index is 0.0679. The van der Waals surface area contributed by atoms with Gasteiger partial charge in [-0.1, -0.05) is 13.5 Å². The zero-order valence-electron chi connectivity index (χ0n) is 10.4. The molecule has 0 radical (unpaired) electrons. The van der Waals surface area contributed by atoms with Crippen molar-refractivity contribution < 1.29 is 4.79 Å². The van der Waals surface area contributed by atoms with Gasteiger partial charge in [0.2, 0.25) is 5.91 Å². The molecule has 16 heavy (non-hydrogen) atoms. The molecule has 1 amide bonds. The molecule has 1 heterocycles. The second kappa shape index (κ2) is 6.66. The summed E-state index contributed by atoms with van der Waals surface area (Å²) >= 11 is 0. The van der Waals surface area contributed by atoms with Crippen LogP contribution in [0.1, 0.15) is 20.3 Å². The van der Waals surface area contributed by atoms with Gasteiger partial charge in [0.1, 0.15) is 0 Å². The second-order valence-electron chi connectivity index (χ2n) is 4.45. The fraction of sp³-hybridized carbons (Fsp3) is 0.750. The molecular formula is C12H23N3O. The van der Waals surface area contributed by atoms with Gasteiger partial charge in [0.25, 0.3) is 0 Å².